The minimum absolute atomic E-state index is 0.219. The summed E-state index contributed by atoms with van der Waals surface area (Å²) in [6.45, 7) is 2.26. The van der Waals surface area contributed by atoms with Crippen LogP contribution in [0.4, 0.5) is 0 Å². The lowest BCUT2D eigenvalue weighted by molar-refractivity contribution is -0.285. The maximum absolute atomic E-state index is 10.9. The van der Waals surface area contributed by atoms with E-state index in [0.717, 1.165) is 19.3 Å². The summed E-state index contributed by atoms with van der Waals surface area (Å²) >= 11 is 0. The van der Waals surface area contributed by atoms with Gasteiger partial charge in [0, 0.05) is 6.42 Å². The first-order valence-corrected chi connectivity index (χ1v) is 10.0. The van der Waals surface area contributed by atoms with Crippen LogP contribution in [0.1, 0.15) is 110 Å². The average Bonchev–Trinajstić information content (AvgIpc) is 2.57. The molecule has 0 radical (unpaired) electrons. The molecule has 0 rings (SSSR count). The lowest BCUT2D eigenvalue weighted by Gasteiger charge is -2.05. The molecule has 4 nitrogen and oxygen atoms in total. The molecule has 0 saturated heterocycles. The molecule has 0 aliphatic heterocycles. The third-order valence-corrected chi connectivity index (χ3v) is 4.38. The summed E-state index contributed by atoms with van der Waals surface area (Å²) in [4.78, 5) is 10.9. The van der Waals surface area contributed by atoms with Crippen molar-refractivity contribution in [1.82, 2.24) is 5.23 Å². The number of amides is 1. The van der Waals surface area contributed by atoms with Crippen LogP contribution >= 0.6 is 0 Å². The second-order valence-electron chi connectivity index (χ2n) is 6.72. The lowest BCUT2D eigenvalue weighted by Crippen LogP contribution is -2.22. The largest absolute Gasteiger partial charge is 0.273 e. The van der Waals surface area contributed by atoms with Crippen molar-refractivity contribution in [3.8, 4) is 0 Å². The van der Waals surface area contributed by atoms with E-state index in [-0.39, 0.29) is 11.6 Å². The Bertz CT molecular complexity index is 303. The minimum Gasteiger partial charge on any atom is -0.270 e. The molecule has 0 spiro atoms. The number of unbranched alkanes of at least 4 members (excludes halogenated alkanes) is 13. The van der Waals surface area contributed by atoms with E-state index in [1.54, 1.807) is 0 Å². The summed E-state index contributed by atoms with van der Waals surface area (Å²) in [5, 5.41) is 16.7. The van der Waals surface area contributed by atoms with Crippen molar-refractivity contribution in [3.05, 3.63) is 12.2 Å². The fourth-order valence-corrected chi connectivity index (χ4v) is 2.80. The number of hydrogen-bond donors (Lipinski definition) is 2. The summed E-state index contributed by atoms with van der Waals surface area (Å²) < 4.78 is 0. The Morgan fingerprint density at radius 2 is 1.12 bits per heavy atom. The van der Waals surface area contributed by atoms with E-state index in [1.165, 1.54) is 77.0 Å². The van der Waals surface area contributed by atoms with Gasteiger partial charge in [-0.2, -0.15) is 0 Å². The van der Waals surface area contributed by atoms with Gasteiger partial charge >= 0.3 is 0 Å². The summed E-state index contributed by atoms with van der Waals surface area (Å²) in [6.07, 6.45) is 23.4. The molecule has 0 aromatic heterocycles. The van der Waals surface area contributed by atoms with Gasteiger partial charge in [0.05, 0.1) is 0 Å². The maximum Gasteiger partial charge on any atom is 0.273 e. The molecule has 24 heavy (non-hydrogen) atoms. The topological polar surface area (TPSA) is 60.8 Å². The highest BCUT2D eigenvalue weighted by Crippen LogP contribution is 2.11. The highest BCUT2D eigenvalue weighted by atomic mass is 16.8. The third-order valence-electron chi connectivity index (χ3n) is 4.38. The number of allylic oxidation sites excluding steroid dienone is 2. The van der Waals surface area contributed by atoms with Gasteiger partial charge in [-0.05, 0) is 32.1 Å². The zero-order chi connectivity index (χ0) is 17.9. The highest BCUT2D eigenvalue weighted by molar-refractivity contribution is 5.73. The van der Waals surface area contributed by atoms with Crippen LogP contribution in [-0.2, 0) is 4.79 Å². The van der Waals surface area contributed by atoms with Crippen LogP contribution in [0.5, 0.6) is 0 Å². The van der Waals surface area contributed by atoms with E-state index < -0.39 is 5.91 Å². The lowest BCUT2D eigenvalue weighted by atomic mass is 10.1. The second-order valence-corrected chi connectivity index (χ2v) is 6.72. The summed E-state index contributed by atoms with van der Waals surface area (Å²) in [5.74, 6) is -0.622. The number of hydrogen-bond acceptors (Lipinski definition) is 3. The third kappa shape index (κ3) is 17.5. The number of rotatable bonds is 17. The van der Waals surface area contributed by atoms with Crippen LogP contribution in [0.25, 0.3) is 0 Å². The quantitative estimate of drug-likeness (QED) is 0.139. The predicted octanol–water partition coefficient (Wildman–Crippen LogP) is 6.41. The molecule has 0 fully saturated rings. The van der Waals surface area contributed by atoms with Crippen molar-refractivity contribution < 1.29 is 15.2 Å². The molecule has 0 heterocycles. The standard InChI is InChI=1S/C20H39NO3/c1-2-3-4-5-6-7-8-9-10-11-12-13-14-15-16-17-18-19-20(22)21(23)24/h9-10,23-24H,2-8,11-19H2,1H3/b10-9-. The first-order chi connectivity index (χ1) is 11.7. The Hall–Kier alpha value is -0.870. The summed E-state index contributed by atoms with van der Waals surface area (Å²) in [6, 6.07) is 0. The SMILES string of the molecule is CCCCCCCC/C=C\CCCCCCCCCC(=O)N(O)O. The Morgan fingerprint density at radius 1 is 0.708 bits per heavy atom. The second kappa shape index (κ2) is 18.5. The molecule has 0 bridgehead atoms. The molecular formula is C20H39NO3. The van der Waals surface area contributed by atoms with Crippen LogP contribution in [0, 0.1) is 0 Å². The zero-order valence-corrected chi connectivity index (χ0v) is 15.7. The van der Waals surface area contributed by atoms with E-state index in [2.05, 4.69) is 19.1 Å². The van der Waals surface area contributed by atoms with Gasteiger partial charge in [0.25, 0.3) is 5.91 Å². The monoisotopic (exact) mass is 341 g/mol. The first kappa shape index (κ1) is 23.1. The van der Waals surface area contributed by atoms with E-state index in [0.29, 0.717) is 0 Å². The van der Waals surface area contributed by atoms with E-state index in [4.69, 9.17) is 10.4 Å². The van der Waals surface area contributed by atoms with Crippen LogP contribution in [0.15, 0.2) is 12.2 Å². The Labute approximate surface area is 148 Å². The van der Waals surface area contributed by atoms with Gasteiger partial charge in [0.2, 0.25) is 0 Å². The fraction of sp³-hybridized carbons (Fsp3) is 0.850. The van der Waals surface area contributed by atoms with Crippen LogP contribution in [0.2, 0.25) is 0 Å². The van der Waals surface area contributed by atoms with Gasteiger partial charge in [-0.3, -0.25) is 15.2 Å². The van der Waals surface area contributed by atoms with Gasteiger partial charge in [0.1, 0.15) is 0 Å². The van der Waals surface area contributed by atoms with Gasteiger partial charge in [-0.25, -0.2) is 0 Å². The van der Waals surface area contributed by atoms with Crippen molar-refractivity contribution >= 4 is 5.91 Å². The van der Waals surface area contributed by atoms with Crippen LogP contribution < -0.4 is 0 Å². The zero-order valence-electron chi connectivity index (χ0n) is 15.7. The Morgan fingerprint density at radius 3 is 1.58 bits per heavy atom. The summed E-state index contributed by atoms with van der Waals surface area (Å²) in [7, 11) is 0. The predicted molar refractivity (Wildman–Crippen MR) is 99.1 cm³/mol. The van der Waals surface area contributed by atoms with E-state index in [1.807, 2.05) is 0 Å². The molecule has 0 aliphatic carbocycles. The van der Waals surface area contributed by atoms with Crippen molar-refractivity contribution in [1.29, 1.82) is 0 Å². The Kier molecular flexibility index (Phi) is 17.8. The normalized spacial score (nSPS) is 11.3. The minimum atomic E-state index is -0.622. The molecule has 0 aromatic carbocycles. The molecule has 0 saturated carbocycles. The van der Waals surface area contributed by atoms with Gasteiger partial charge < -0.3 is 0 Å². The molecule has 2 N–H and O–H groups in total. The molecular weight excluding hydrogens is 302 g/mol. The van der Waals surface area contributed by atoms with Crippen molar-refractivity contribution in [3.63, 3.8) is 0 Å². The van der Waals surface area contributed by atoms with Crippen LogP contribution in [0.3, 0.4) is 0 Å². The van der Waals surface area contributed by atoms with Gasteiger partial charge in [-0.1, -0.05) is 88.5 Å². The van der Waals surface area contributed by atoms with Crippen molar-refractivity contribution in [2.75, 3.05) is 0 Å². The molecule has 142 valence electrons. The molecule has 0 aromatic rings. The maximum atomic E-state index is 10.9. The van der Waals surface area contributed by atoms with Gasteiger partial charge in [0.15, 0.2) is 0 Å². The molecule has 4 heteroatoms. The molecule has 1 amide bonds. The van der Waals surface area contributed by atoms with Crippen molar-refractivity contribution in [2.24, 2.45) is 0 Å². The molecule has 0 unspecified atom stereocenters. The smallest absolute Gasteiger partial charge is 0.270 e. The summed E-state index contributed by atoms with van der Waals surface area (Å²) in [5.41, 5.74) is 0. The van der Waals surface area contributed by atoms with Crippen molar-refractivity contribution in [2.45, 2.75) is 110 Å². The Balaban J connectivity index is 3.14. The number of nitrogens with zero attached hydrogens (tertiary/aromatic N) is 1. The highest BCUT2D eigenvalue weighted by Gasteiger charge is 2.06. The molecule has 0 aliphatic rings. The average molecular weight is 342 g/mol. The van der Waals surface area contributed by atoms with Gasteiger partial charge in [-0.15, -0.1) is 0 Å². The van der Waals surface area contributed by atoms with Crippen LogP contribution in [-0.4, -0.2) is 21.5 Å². The number of hydroxylamine groups is 2. The van der Waals surface area contributed by atoms with E-state index >= 15 is 0 Å². The number of carbonyl (C=O) groups excluding carboxylic acids is 1. The number of carbonyl (C=O) groups is 1. The van der Waals surface area contributed by atoms with E-state index in [9.17, 15) is 4.79 Å². The molecule has 0 atom stereocenters. The first-order valence-electron chi connectivity index (χ1n) is 10.0. The fourth-order valence-electron chi connectivity index (χ4n) is 2.80.